The summed E-state index contributed by atoms with van der Waals surface area (Å²) < 4.78 is 0. The van der Waals surface area contributed by atoms with E-state index in [1.165, 1.54) is 11.8 Å². The zero-order chi connectivity index (χ0) is 17.6. The van der Waals surface area contributed by atoms with Crippen molar-refractivity contribution in [2.45, 2.75) is 20.4 Å². The SMILES string of the molecule is Cc1ccc(CNc2cnc(C(=O)Nc3ccccc3C)cn2)cc1. The van der Waals surface area contributed by atoms with Crippen LogP contribution in [0, 0.1) is 13.8 Å². The van der Waals surface area contributed by atoms with Crippen molar-refractivity contribution in [3.8, 4) is 0 Å². The number of para-hydroxylation sites is 1. The Hall–Kier alpha value is -3.21. The predicted octanol–water partition coefficient (Wildman–Crippen LogP) is 3.96. The largest absolute Gasteiger partial charge is 0.365 e. The van der Waals surface area contributed by atoms with Gasteiger partial charge in [-0.15, -0.1) is 0 Å². The first-order chi connectivity index (χ1) is 12.1. The third-order valence-corrected chi connectivity index (χ3v) is 3.87. The number of benzene rings is 2. The summed E-state index contributed by atoms with van der Waals surface area (Å²) in [5.41, 5.74) is 4.45. The molecule has 0 bridgehead atoms. The van der Waals surface area contributed by atoms with E-state index in [1.54, 1.807) is 6.20 Å². The number of aryl methyl sites for hydroxylation is 2. The van der Waals surface area contributed by atoms with Crippen molar-refractivity contribution in [1.82, 2.24) is 9.97 Å². The molecule has 1 aromatic heterocycles. The van der Waals surface area contributed by atoms with Gasteiger partial charge in [0.1, 0.15) is 11.5 Å². The minimum absolute atomic E-state index is 0.271. The van der Waals surface area contributed by atoms with Crippen molar-refractivity contribution in [2.24, 2.45) is 0 Å². The smallest absolute Gasteiger partial charge is 0.275 e. The zero-order valence-corrected chi connectivity index (χ0v) is 14.3. The van der Waals surface area contributed by atoms with Crippen LogP contribution in [0.3, 0.4) is 0 Å². The van der Waals surface area contributed by atoms with E-state index < -0.39 is 0 Å². The fraction of sp³-hybridized carbons (Fsp3) is 0.150. The molecule has 25 heavy (non-hydrogen) atoms. The predicted molar refractivity (Wildman–Crippen MR) is 99.7 cm³/mol. The van der Waals surface area contributed by atoms with Gasteiger partial charge in [-0.2, -0.15) is 0 Å². The van der Waals surface area contributed by atoms with Crippen LogP contribution in [-0.4, -0.2) is 15.9 Å². The molecule has 0 fully saturated rings. The number of hydrogen-bond donors (Lipinski definition) is 2. The lowest BCUT2D eigenvalue weighted by atomic mass is 10.1. The normalized spacial score (nSPS) is 10.3. The highest BCUT2D eigenvalue weighted by atomic mass is 16.1. The Balaban J connectivity index is 1.60. The molecule has 0 aliphatic carbocycles. The third kappa shape index (κ3) is 4.41. The summed E-state index contributed by atoms with van der Waals surface area (Å²) in [5.74, 6) is 0.361. The highest BCUT2D eigenvalue weighted by Crippen LogP contribution is 2.14. The van der Waals surface area contributed by atoms with Gasteiger partial charge in [-0.25, -0.2) is 9.97 Å². The number of anilines is 2. The second kappa shape index (κ2) is 7.57. The van der Waals surface area contributed by atoms with E-state index in [-0.39, 0.29) is 11.6 Å². The van der Waals surface area contributed by atoms with Crippen molar-refractivity contribution in [1.29, 1.82) is 0 Å². The van der Waals surface area contributed by atoms with E-state index in [0.717, 1.165) is 16.8 Å². The van der Waals surface area contributed by atoms with Gasteiger partial charge in [-0.05, 0) is 31.0 Å². The van der Waals surface area contributed by atoms with Crippen LogP contribution in [0.25, 0.3) is 0 Å². The molecule has 0 spiro atoms. The zero-order valence-electron chi connectivity index (χ0n) is 14.3. The van der Waals surface area contributed by atoms with Crippen LogP contribution in [0.1, 0.15) is 27.2 Å². The molecular weight excluding hydrogens is 312 g/mol. The van der Waals surface area contributed by atoms with Gasteiger partial charge in [-0.1, -0.05) is 48.0 Å². The summed E-state index contributed by atoms with van der Waals surface area (Å²) in [7, 11) is 0. The molecule has 0 saturated carbocycles. The molecule has 5 nitrogen and oxygen atoms in total. The Morgan fingerprint density at radius 3 is 2.40 bits per heavy atom. The molecule has 126 valence electrons. The van der Waals surface area contributed by atoms with Crippen molar-refractivity contribution < 1.29 is 4.79 Å². The minimum Gasteiger partial charge on any atom is -0.365 e. The molecule has 0 saturated heterocycles. The standard InChI is InChI=1S/C20H20N4O/c1-14-7-9-16(10-8-14)11-22-19-13-21-18(12-23-19)20(25)24-17-6-4-3-5-15(17)2/h3-10,12-13H,11H2,1-2H3,(H,22,23)(H,24,25). The van der Waals surface area contributed by atoms with Crippen molar-refractivity contribution >= 4 is 17.4 Å². The van der Waals surface area contributed by atoms with Crippen LogP contribution in [-0.2, 0) is 6.54 Å². The number of nitrogens with zero attached hydrogens (tertiary/aromatic N) is 2. The molecule has 0 aliphatic heterocycles. The molecular formula is C20H20N4O. The van der Waals surface area contributed by atoms with E-state index in [4.69, 9.17) is 0 Å². The maximum Gasteiger partial charge on any atom is 0.275 e. The van der Waals surface area contributed by atoms with E-state index >= 15 is 0 Å². The Morgan fingerprint density at radius 2 is 1.72 bits per heavy atom. The molecule has 0 unspecified atom stereocenters. The number of carbonyl (C=O) groups is 1. The Kier molecular flexibility index (Phi) is 5.04. The summed E-state index contributed by atoms with van der Waals surface area (Å²) in [6.07, 6.45) is 3.05. The summed E-state index contributed by atoms with van der Waals surface area (Å²) in [6.45, 7) is 4.66. The lowest BCUT2D eigenvalue weighted by Crippen LogP contribution is -2.15. The van der Waals surface area contributed by atoms with Crippen LogP contribution in [0.15, 0.2) is 60.9 Å². The molecule has 3 rings (SSSR count). The van der Waals surface area contributed by atoms with E-state index in [1.807, 2.05) is 31.2 Å². The van der Waals surface area contributed by atoms with E-state index in [2.05, 4.69) is 51.8 Å². The minimum atomic E-state index is -0.271. The lowest BCUT2D eigenvalue weighted by Gasteiger charge is -2.08. The Bertz CT molecular complexity index is 858. The van der Waals surface area contributed by atoms with Gasteiger partial charge in [0.05, 0.1) is 12.4 Å². The summed E-state index contributed by atoms with van der Waals surface area (Å²) in [4.78, 5) is 20.7. The molecule has 2 N–H and O–H groups in total. The van der Waals surface area contributed by atoms with E-state index in [9.17, 15) is 4.79 Å². The summed E-state index contributed by atoms with van der Waals surface area (Å²) in [5, 5.41) is 6.05. The summed E-state index contributed by atoms with van der Waals surface area (Å²) in [6, 6.07) is 15.9. The topological polar surface area (TPSA) is 66.9 Å². The second-order valence-corrected chi connectivity index (χ2v) is 5.90. The maximum absolute atomic E-state index is 12.3. The Morgan fingerprint density at radius 1 is 0.960 bits per heavy atom. The third-order valence-electron chi connectivity index (χ3n) is 3.87. The average molecular weight is 332 g/mol. The molecule has 3 aromatic rings. The number of nitrogens with one attached hydrogen (secondary N) is 2. The highest BCUT2D eigenvalue weighted by Gasteiger charge is 2.09. The van der Waals surface area contributed by atoms with Crippen molar-refractivity contribution in [3.63, 3.8) is 0 Å². The first-order valence-electron chi connectivity index (χ1n) is 8.10. The highest BCUT2D eigenvalue weighted by molar-refractivity contribution is 6.03. The van der Waals surface area contributed by atoms with Crippen LogP contribution >= 0.6 is 0 Å². The number of aromatic nitrogens is 2. The molecule has 1 amide bonds. The quantitative estimate of drug-likeness (QED) is 0.742. The van der Waals surface area contributed by atoms with Crippen LogP contribution in [0.5, 0.6) is 0 Å². The summed E-state index contributed by atoms with van der Waals surface area (Å²) >= 11 is 0. The monoisotopic (exact) mass is 332 g/mol. The van der Waals surface area contributed by atoms with Crippen LogP contribution in [0.2, 0.25) is 0 Å². The first-order valence-corrected chi connectivity index (χ1v) is 8.10. The number of amides is 1. The lowest BCUT2D eigenvalue weighted by molar-refractivity contribution is 0.102. The maximum atomic E-state index is 12.3. The molecule has 0 aliphatic rings. The van der Waals surface area contributed by atoms with Gasteiger partial charge >= 0.3 is 0 Å². The van der Waals surface area contributed by atoms with Gasteiger partial charge in [0, 0.05) is 12.2 Å². The van der Waals surface area contributed by atoms with Gasteiger partial charge in [0.15, 0.2) is 0 Å². The number of rotatable bonds is 5. The van der Waals surface area contributed by atoms with Crippen molar-refractivity contribution in [2.75, 3.05) is 10.6 Å². The first kappa shape index (κ1) is 16.6. The van der Waals surface area contributed by atoms with Gasteiger partial charge in [0.25, 0.3) is 5.91 Å². The fourth-order valence-corrected chi connectivity index (χ4v) is 2.33. The fourth-order valence-electron chi connectivity index (χ4n) is 2.33. The van der Waals surface area contributed by atoms with Gasteiger partial charge < -0.3 is 10.6 Å². The molecule has 2 aromatic carbocycles. The molecule has 5 heteroatoms. The van der Waals surface area contributed by atoms with Gasteiger partial charge in [0.2, 0.25) is 0 Å². The number of hydrogen-bond acceptors (Lipinski definition) is 4. The van der Waals surface area contributed by atoms with E-state index in [0.29, 0.717) is 12.4 Å². The second-order valence-electron chi connectivity index (χ2n) is 5.90. The Labute approximate surface area is 147 Å². The number of carbonyl (C=O) groups excluding carboxylic acids is 1. The molecule has 0 radical (unpaired) electrons. The van der Waals surface area contributed by atoms with Crippen LogP contribution in [0.4, 0.5) is 11.5 Å². The molecule has 0 atom stereocenters. The van der Waals surface area contributed by atoms with Crippen LogP contribution < -0.4 is 10.6 Å². The van der Waals surface area contributed by atoms with Crippen molar-refractivity contribution in [3.05, 3.63) is 83.3 Å². The molecule has 1 heterocycles. The average Bonchev–Trinajstić information content (AvgIpc) is 2.63. The van der Waals surface area contributed by atoms with Gasteiger partial charge in [-0.3, -0.25) is 4.79 Å².